The normalized spacial score (nSPS) is 10.1. The standard InChI is InChI=1S/C11H17FN2/c1-2-3-4-8-14-11-9(12)6-5-7-10(11)13/h5-7,14H,2-4,8,13H2,1H3. The van der Waals surface area contributed by atoms with Gasteiger partial charge in [0.1, 0.15) is 5.82 Å². The van der Waals surface area contributed by atoms with Crippen molar-refractivity contribution in [2.45, 2.75) is 26.2 Å². The number of para-hydroxylation sites is 1. The fraction of sp³-hybridized carbons (Fsp3) is 0.455. The molecular weight excluding hydrogens is 179 g/mol. The molecule has 1 aromatic rings. The number of hydrogen-bond acceptors (Lipinski definition) is 2. The van der Waals surface area contributed by atoms with E-state index in [0.29, 0.717) is 11.4 Å². The van der Waals surface area contributed by atoms with Crippen molar-refractivity contribution in [1.29, 1.82) is 0 Å². The highest BCUT2D eigenvalue weighted by atomic mass is 19.1. The molecule has 0 atom stereocenters. The number of nitrogens with two attached hydrogens (primary N) is 1. The summed E-state index contributed by atoms with van der Waals surface area (Å²) in [5.74, 6) is -0.276. The number of anilines is 2. The van der Waals surface area contributed by atoms with Crippen LogP contribution in [0, 0.1) is 5.82 Å². The molecule has 0 amide bonds. The number of rotatable bonds is 5. The molecule has 0 saturated carbocycles. The Kier molecular flexibility index (Phi) is 4.23. The number of nitrogen functional groups attached to an aromatic ring is 1. The van der Waals surface area contributed by atoms with Gasteiger partial charge < -0.3 is 11.1 Å². The third-order valence-electron chi connectivity index (χ3n) is 2.13. The molecule has 1 aromatic carbocycles. The fourth-order valence-corrected chi connectivity index (χ4v) is 1.32. The van der Waals surface area contributed by atoms with Crippen molar-refractivity contribution >= 4 is 11.4 Å². The van der Waals surface area contributed by atoms with Gasteiger partial charge in [-0.2, -0.15) is 0 Å². The minimum Gasteiger partial charge on any atom is -0.397 e. The summed E-state index contributed by atoms with van der Waals surface area (Å²) in [6.45, 7) is 2.91. The lowest BCUT2D eigenvalue weighted by Crippen LogP contribution is -2.05. The highest BCUT2D eigenvalue weighted by Crippen LogP contribution is 2.21. The van der Waals surface area contributed by atoms with Crippen LogP contribution in [0.4, 0.5) is 15.8 Å². The molecule has 0 aliphatic carbocycles. The maximum Gasteiger partial charge on any atom is 0.148 e. The Morgan fingerprint density at radius 3 is 2.79 bits per heavy atom. The van der Waals surface area contributed by atoms with Gasteiger partial charge in [0.15, 0.2) is 0 Å². The summed E-state index contributed by atoms with van der Waals surface area (Å²) >= 11 is 0. The molecule has 0 bridgehead atoms. The average Bonchev–Trinajstić information content (AvgIpc) is 2.16. The van der Waals surface area contributed by atoms with E-state index >= 15 is 0 Å². The molecule has 1 rings (SSSR count). The van der Waals surface area contributed by atoms with Gasteiger partial charge >= 0.3 is 0 Å². The second-order valence-corrected chi connectivity index (χ2v) is 3.34. The van der Waals surface area contributed by atoms with Crippen LogP contribution in [0.3, 0.4) is 0 Å². The molecule has 0 heterocycles. The van der Waals surface area contributed by atoms with E-state index in [4.69, 9.17) is 5.73 Å². The zero-order valence-electron chi connectivity index (χ0n) is 8.52. The first kappa shape index (κ1) is 10.8. The van der Waals surface area contributed by atoms with Crippen molar-refractivity contribution in [3.05, 3.63) is 24.0 Å². The second-order valence-electron chi connectivity index (χ2n) is 3.34. The Hall–Kier alpha value is -1.25. The summed E-state index contributed by atoms with van der Waals surface area (Å²) in [5, 5.41) is 3.02. The molecule has 0 fully saturated rings. The molecule has 14 heavy (non-hydrogen) atoms. The van der Waals surface area contributed by atoms with Crippen molar-refractivity contribution in [2.75, 3.05) is 17.6 Å². The van der Waals surface area contributed by atoms with Crippen LogP contribution in [-0.2, 0) is 0 Å². The summed E-state index contributed by atoms with van der Waals surface area (Å²) in [5.41, 5.74) is 6.54. The van der Waals surface area contributed by atoms with Crippen LogP contribution in [0.5, 0.6) is 0 Å². The van der Waals surface area contributed by atoms with Crippen LogP contribution in [0.1, 0.15) is 26.2 Å². The van der Waals surface area contributed by atoms with Crippen molar-refractivity contribution in [1.82, 2.24) is 0 Å². The van der Waals surface area contributed by atoms with Gasteiger partial charge in [0.05, 0.1) is 11.4 Å². The molecule has 2 nitrogen and oxygen atoms in total. The second kappa shape index (κ2) is 5.47. The van der Waals surface area contributed by atoms with Crippen LogP contribution in [0.15, 0.2) is 18.2 Å². The van der Waals surface area contributed by atoms with Gasteiger partial charge in [-0.25, -0.2) is 4.39 Å². The Bertz CT molecular complexity index is 266. The quantitative estimate of drug-likeness (QED) is 0.561. The summed E-state index contributed by atoms with van der Waals surface area (Å²) in [6.07, 6.45) is 3.36. The lowest BCUT2D eigenvalue weighted by molar-refractivity contribution is 0.629. The monoisotopic (exact) mass is 196 g/mol. The van der Waals surface area contributed by atoms with Crippen LogP contribution in [0.2, 0.25) is 0 Å². The number of nitrogens with one attached hydrogen (secondary N) is 1. The van der Waals surface area contributed by atoms with E-state index < -0.39 is 0 Å². The topological polar surface area (TPSA) is 38.0 Å². The number of halogens is 1. The van der Waals surface area contributed by atoms with Gasteiger partial charge in [-0.15, -0.1) is 0 Å². The van der Waals surface area contributed by atoms with Gasteiger partial charge in [-0.1, -0.05) is 25.8 Å². The van der Waals surface area contributed by atoms with E-state index in [1.165, 1.54) is 6.07 Å². The molecule has 0 unspecified atom stereocenters. The molecule has 0 aromatic heterocycles. The minimum atomic E-state index is -0.276. The van der Waals surface area contributed by atoms with E-state index in [9.17, 15) is 4.39 Å². The summed E-state index contributed by atoms with van der Waals surface area (Å²) < 4.78 is 13.2. The maximum absolute atomic E-state index is 13.2. The first-order valence-electron chi connectivity index (χ1n) is 5.03. The van der Waals surface area contributed by atoms with Gasteiger partial charge in [-0.3, -0.25) is 0 Å². The molecule has 0 aliphatic rings. The predicted molar refractivity (Wildman–Crippen MR) is 58.8 cm³/mol. The molecule has 3 N–H and O–H groups in total. The smallest absolute Gasteiger partial charge is 0.148 e. The van der Waals surface area contributed by atoms with Gasteiger partial charge in [-0.05, 0) is 18.6 Å². The lowest BCUT2D eigenvalue weighted by atomic mass is 10.2. The average molecular weight is 196 g/mol. The van der Waals surface area contributed by atoms with E-state index in [1.54, 1.807) is 12.1 Å². The first-order chi connectivity index (χ1) is 6.75. The molecule has 0 radical (unpaired) electrons. The van der Waals surface area contributed by atoms with Crippen molar-refractivity contribution in [3.63, 3.8) is 0 Å². The van der Waals surface area contributed by atoms with Gasteiger partial charge in [0.2, 0.25) is 0 Å². The Labute approximate surface area is 84.3 Å². The van der Waals surface area contributed by atoms with E-state index in [-0.39, 0.29) is 5.82 Å². The molecular formula is C11H17FN2. The third-order valence-corrected chi connectivity index (χ3v) is 2.13. The zero-order chi connectivity index (χ0) is 10.4. The number of unbranched alkanes of at least 4 members (excludes halogenated alkanes) is 2. The maximum atomic E-state index is 13.2. The lowest BCUT2D eigenvalue weighted by Gasteiger charge is -2.09. The Morgan fingerprint density at radius 2 is 2.14 bits per heavy atom. The predicted octanol–water partition coefficient (Wildman–Crippen LogP) is 3.01. The third kappa shape index (κ3) is 2.91. The molecule has 3 heteroatoms. The van der Waals surface area contributed by atoms with Crippen molar-refractivity contribution in [3.8, 4) is 0 Å². The SMILES string of the molecule is CCCCCNc1c(N)cccc1F. The Balaban J connectivity index is 2.49. The summed E-state index contributed by atoms with van der Waals surface area (Å²) in [4.78, 5) is 0. The van der Waals surface area contributed by atoms with Crippen LogP contribution in [-0.4, -0.2) is 6.54 Å². The minimum absolute atomic E-state index is 0.276. The fourth-order valence-electron chi connectivity index (χ4n) is 1.32. The molecule has 0 spiro atoms. The van der Waals surface area contributed by atoms with Crippen LogP contribution in [0.25, 0.3) is 0 Å². The number of benzene rings is 1. The van der Waals surface area contributed by atoms with Crippen LogP contribution < -0.4 is 11.1 Å². The van der Waals surface area contributed by atoms with Crippen molar-refractivity contribution < 1.29 is 4.39 Å². The summed E-state index contributed by atoms with van der Waals surface area (Å²) in [7, 11) is 0. The van der Waals surface area contributed by atoms with E-state index in [2.05, 4.69) is 12.2 Å². The highest BCUT2D eigenvalue weighted by Gasteiger charge is 2.03. The zero-order valence-corrected chi connectivity index (χ0v) is 8.52. The summed E-state index contributed by atoms with van der Waals surface area (Å²) in [6, 6.07) is 4.73. The number of hydrogen-bond donors (Lipinski definition) is 2. The largest absolute Gasteiger partial charge is 0.397 e. The molecule has 0 saturated heterocycles. The van der Waals surface area contributed by atoms with E-state index in [0.717, 1.165) is 25.8 Å². The first-order valence-corrected chi connectivity index (χ1v) is 5.03. The van der Waals surface area contributed by atoms with Gasteiger partial charge in [0.25, 0.3) is 0 Å². The van der Waals surface area contributed by atoms with E-state index in [1.807, 2.05) is 0 Å². The molecule has 78 valence electrons. The highest BCUT2D eigenvalue weighted by molar-refractivity contribution is 5.66. The van der Waals surface area contributed by atoms with Crippen LogP contribution >= 0.6 is 0 Å². The Morgan fingerprint density at radius 1 is 1.36 bits per heavy atom. The van der Waals surface area contributed by atoms with Crippen molar-refractivity contribution in [2.24, 2.45) is 0 Å². The molecule has 0 aliphatic heterocycles. The van der Waals surface area contributed by atoms with Gasteiger partial charge in [0, 0.05) is 6.54 Å².